The number of carbonyl (C=O) groups is 1. The van der Waals surface area contributed by atoms with Crippen molar-refractivity contribution in [3.8, 4) is 0 Å². The van der Waals surface area contributed by atoms with E-state index >= 15 is 0 Å². The van der Waals surface area contributed by atoms with Gasteiger partial charge in [-0.2, -0.15) is 9.50 Å². The summed E-state index contributed by atoms with van der Waals surface area (Å²) < 4.78 is 1.25. The Bertz CT molecular complexity index is 1260. The first-order chi connectivity index (χ1) is 13.9. The molecule has 2 heterocycles. The van der Waals surface area contributed by atoms with Crippen LogP contribution >= 0.6 is 11.6 Å². The van der Waals surface area contributed by atoms with Crippen LogP contribution in [0, 0.1) is 13.8 Å². The summed E-state index contributed by atoms with van der Waals surface area (Å²) in [6.45, 7) is 3.72. The van der Waals surface area contributed by atoms with E-state index < -0.39 is 0 Å². The minimum absolute atomic E-state index is 0.213. The minimum Gasteiger partial charge on any atom is -0.272 e. The van der Waals surface area contributed by atoms with Gasteiger partial charge in [0.1, 0.15) is 0 Å². The Labute approximate surface area is 171 Å². The van der Waals surface area contributed by atoms with Crippen LogP contribution < -0.4 is 10.5 Å². The molecule has 4 rings (SSSR count). The molecule has 0 fully saturated rings. The lowest BCUT2D eigenvalue weighted by atomic mass is 10.1. The van der Waals surface area contributed by atoms with E-state index in [0.29, 0.717) is 21.8 Å². The largest absolute Gasteiger partial charge is 0.277 e. The fourth-order valence-corrected chi connectivity index (χ4v) is 3.19. The summed E-state index contributed by atoms with van der Waals surface area (Å²) in [5, 5.41) is 3.38. The molecule has 0 saturated carbocycles. The molecule has 0 radical (unpaired) electrons. The van der Waals surface area contributed by atoms with E-state index in [0.717, 1.165) is 5.56 Å². The second-order valence-electron chi connectivity index (χ2n) is 6.70. The van der Waals surface area contributed by atoms with E-state index in [4.69, 9.17) is 11.6 Å². The third kappa shape index (κ3) is 3.64. The first-order valence-corrected chi connectivity index (χ1v) is 9.39. The van der Waals surface area contributed by atoms with Gasteiger partial charge in [0.15, 0.2) is 0 Å². The quantitative estimate of drug-likeness (QED) is 0.561. The lowest BCUT2D eigenvalue weighted by Crippen LogP contribution is -2.31. The maximum absolute atomic E-state index is 13.3. The van der Waals surface area contributed by atoms with E-state index in [-0.39, 0.29) is 29.7 Å². The molecule has 0 aliphatic carbocycles. The van der Waals surface area contributed by atoms with Gasteiger partial charge >= 0.3 is 0 Å². The molecule has 146 valence electrons. The van der Waals surface area contributed by atoms with E-state index in [1.54, 1.807) is 38.1 Å². The lowest BCUT2D eigenvalue weighted by Gasteiger charge is -2.20. The Morgan fingerprint density at radius 3 is 2.59 bits per heavy atom. The molecule has 8 heteroatoms. The normalized spacial score (nSPS) is 11.0. The predicted molar refractivity (Wildman–Crippen MR) is 111 cm³/mol. The molecule has 2 aromatic carbocycles. The zero-order valence-electron chi connectivity index (χ0n) is 15.9. The first kappa shape index (κ1) is 18.9. The van der Waals surface area contributed by atoms with E-state index in [1.165, 1.54) is 9.42 Å². The van der Waals surface area contributed by atoms with Crippen LogP contribution in [0.25, 0.3) is 5.78 Å². The van der Waals surface area contributed by atoms with E-state index in [2.05, 4.69) is 15.1 Å². The Morgan fingerprint density at radius 2 is 1.86 bits per heavy atom. The number of aryl methyl sites for hydroxylation is 1. The SMILES string of the molecule is Cc1nc2nc(N(Cc3ccccc3)C(=O)c3cccc(Cl)c3)[nH]n2c(=O)c1C. The molecular formula is C21H18ClN5O2. The third-order valence-corrected chi connectivity index (χ3v) is 4.94. The van der Waals surface area contributed by atoms with Gasteiger partial charge in [-0.05, 0) is 37.6 Å². The number of benzene rings is 2. The highest BCUT2D eigenvalue weighted by atomic mass is 35.5. The lowest BCUT2D eigenvalue weighted by molar-refractivity contribution is 0.0983. The van der Waals surface area contributed by atoms with Crippen LogP contribution in [-0.4, -0.2) is 25.5 Å². The van der Waals surface area contributed by atoms with Crippen molar-refractivity contribution >= 4 is 29.2 Å². The average Bonchev–Trinajstić information content (AvgIpc) is 3.14. The second-order valence-corrected chi connectivity index (χ2v) is 7.13. The zero-order valence-corrected chi connectivity index (χ0v) is 16.6. The number of nitrogens with one attached hydrogen (secondary N) is 1. The van der Waals surface area contributed by atoms with E-state index in [1.807, 2.05) is 30.3 Å². The van der Waals surface area contributed by atoms with E-state index in [9.17, 15) is 9.59 Å². The van der Waals surface area contributed by atoms with Crippen molar-refractivity contribution in [2.45, 2.75) is 20.4 Å². The number of aromatic amines is 1. The molecule has 1 amide bonds. The van der Waals surface area contributed by atoms with Crippen molar-refractivity contribution in [2.75, 3.05) is 4.90 Å². The number of hydrogen-bond donors (Lipinski definition) is 1. The molecule has 29 heavy (non-hydrogen) atoms. The Hall–Kier alpha value is -3.45. The predicted octanol–water partition coefficient (Wildman–Crippen LogP) is 3.53. The van der Waals surface area contributed by atoms with Crippen LogP contribution in [0.2, 0.25) is 5.02 Å². The molecule has 0 bridgehead atoms. The standard InChI is InChI=1S/C21H18ClN5O2/c1-13-14(2)23-20-24-21(25-27(20)18(13)28)26(12-15-7-4-3-5-8-15)19(29)16-9-6-10-17(22)11-16/h3-11H,12H2,1-2H3,(H,23,24,25). The molecule has 0 aliphatic heterocycles. The molecule has 4 aromatic rings. The van der Waals surface area contributed by atoms with Crippen molar-refractivity contribution in [3.63, 3.8) is 0 Å². The number of fused-ring (bicyclic) bond motifs is 1. The molecular weight excluding hydrogens is 390 g/mol. The van der Waals surface area contributed by atoms with Crippen molar-refractivity contribution in [3.05, 3.63) is 92.4 Å². The number of rotatable bonds is 4. The summed E-state index contributed by atoms with van der Waals surface area (Å²) in [5.41, 5.74) is 2.20. The average molecular weight is 408 g/mol. The second kappa shape index (κ2) is 7.52. The number of anilines is 1. The molecule has 0 aliphatic rings. The van der Waals surface area contributed by atoms with Gasteiger partial charge in [-0.3, -0.25) is 19.6 Å². The van der Waals surface area contributed by atoms with Gasteiger partial charge in [-0.1, -0.05) is 48.0 Å². The number of amides is 1. The smallest absolute Gasteiger partial charge is 0.272 e. The highest BCUT2D eigenvalue weighted by molar-refractivity contribution is 6.31. The summed E-state index contributed by atoms with van der Waals surface area (Å²) in [4.78, 5) is 36.1. The van der Waals surface area contributed by atoms with Crippen molar-refractivity contribution < 1.29 is 4.79 Å². The number of halogens is 1. The molecule has 7 nitrogen and oxygen atoms in total. The van der Waals surface area contributed by atoms with Crippen LogP contribution in [0.1, 0.15) is 27.2 Å². The molecule has 0 unspecified atom stereocenters. The number of hydrogen-bond acceptors (Lipinski definition) is 4. The fourth-order valence-electron chi connectivity index (χ4n) is 3.00. The maximum atomic E-state index is 13.3. The molecule has 2 aromatic heterocycles. The van der Waals surface area contributed by atoms with Gasteiger partial charge in [0.25, 0.3) is 17.2 Å². The number of carbonyl (C=O) groups excluding carboxylic acids is 1. The van der Waals surface area contributed by atoms with Crippen LogP contribution in [0.15, 0.2) is 59.4 Å². The third-order valence-electron chi connectivity index (χ3n) is 4.71. The Kier molecular flexibility index (Phi) is 4.90. The summed E-state index contributed by atoms with van der Waals surface area (Å²) in [6, 6.07) is 16.2. The van der Waals surface area contributed by atoms with Gasteiger partial charge in [-0.25, -0.2) is 4.98 Å². The minimum atomic E-state index is -0.295. The first-order valence-electron chi connectivity index (χ1n) is 9.01. The number of aromatic nitrogens is 4. The van der Waals surface area contributed by atoms with Crippen molar-refractivity contribution in [1.29, 1.82) is 0 Å². The van der Waals surface area contributed by atoms with Crippen molar-refractivity contribution in [2.24, 2.45) is 0 Å². The summed E-state index contributed by atoms with van der Waals surface area (Å²) in [6.07, 6.45) is 0. The summed E-state index contributed by atoms with van der Waals surface area (Å²) in [7, 11) is 0. The maximum Gasteiger partial charge on any atom is 0.277 e. The summed E-state index contributed by atoms with van der Waals surface area (Å²) >= 11 is 6.07. The Morgan fingerprint density at radius 1 is 1.10 bits per heavy atom. The van der Waals surface area contributed by atoms with Gasteiger partial charge < -0.3 is 0 Å². The van der Waals surface area contributed by atoms with Crippen LogP contribution in [0.3, 0.4) is 0 Å². The monoisotopic (exact) mass is 407 g/mol. The zero-order chi connectivity index (χ0) is 20.5. The van der Waals surface area contributed by atoms with Gasteiger partial charge in [0.2, 0.25) is 5.95 Å². The van der Waals surface area contributed by atoms with Crippen LogP contribution in [0.5, 0.6) is 0 Å². The van der Waals surface area contributed by atoms with Gasteiger partial charge in [0.05, 0.1) is 6.54 Å². The van der Waals surface area contributed by atoms with Crippen LogP contribution in [0.4, 0.5) is 5.95 Å². The number of H-pyrrole nitrogens is 1. The molecule has 0 saturated heterocycles. The molecule has 0 atom stereocenters. The Balaban J connectivity index is 1.84. The topological polar surface area (TPSA) is 83.4 Å². The molecule has 1 N–H and O–H groups in total. The highest BCUT2D eigenvalue weighted by Gasteiger charge is 2.23. The van der Waals surface area contributed by atoms with Crippen molar-refractivity contribution in [1.82, 2.24) is 19.6 Å². The highest BCUT2D eigenvalue weighted by Crippen LogP contribution is 2.19. The van der Waals surface area contributed by atoms with Gasteiger partial charge in [-0.15, -0.1) is 0 Å². The summed E-state index contributed by atoms with van der Waals surface area (Å²) in [5.74, 6) is 0.149. The van der Waals surface area contributed by atoms with Crippen LogP contribution in [-0.2, 0) is 6.54 Å². The number of nitrogens with zero attached hydrogens (tertiary/aromatic N) is 4. The molecule has 0 spiro atoms. The van der Waals surface area contributed by atoms with Gasteiger partial charge in [0, 0.05) is 21.8 Å². The fraction of sp³-hybridized carbons (Fsp3) is 0.143.